The number of rotatable bonds is 11. The molecule has 1 heterocycles. The van der Waals surface area contributed by atoms with Crippen molar-refractivity contribution in [2.24, 2.45) is 5.73 Å². The molecule has 0 aliphatic carbocycles. The molecule has 0 aromatic heterocycles. The average molecular weight is 429 g/mol. The van der Waals surface area contributed by atoms with Gasteiger partial charge in [-0.25, -0.2) is 0 Å². The SMILES string of the molecule is COCCOc1ccc(Cl)cc1C1(C(N)=O)CC=C(C(=O)NCCCCO)S1. The monoisotopic (exact) mass is 428 g/mol. The Labute approximate surface area is 173 Å². The van der Waals surface area contributed by atoms with Crippen LogP contribution in [0.5, 0.6) is 5.75 Å². The Kier molecular flexibility index (Phi) is 8.62. The Bertz CT molecular complexity index is 743. The molecule has 1 aromatic rings. The third-order valence-corrected chi connectivity index (χ3v) is 6.02. The molecule has 0 bridgehead atoms. The number of carbonyl (C=O) groups excluding carboxylic acids is 2. The molecule has 1 aromatic carbocycles. The lowest BCUT2D eigenvalue weighted by Crippen LogP contribution is -2.37. The highest BCUT2D eigenvalue weighted by molar-refractivity contribution is 8.05. The van der Waals surface area contributed by atoms with E-state index in [2.05, 4.69) is 5.32 Å². The highest BCUT2D eigenvalue weighted by Crippen LogP contribution is 2.52. The lowest BCUT2D eigenvalue weighted by molar-refractivity contribution is -0.120. The largest absolute Gasteiger partial charge is 0.491 e. The van der Waals surface area contributed by atoms with Crippen LogP contribution in [0.1, 0.15) is 24.8 Å². The van der Waals surface area contributed by atoms with Crippen molar-refractivity contribution in [2.75, 3.05) is 33.5 Å². The minimum absolute atomic E-state index is 0.0821. The van der Waals surface area contributed by atoms with Gasteiger partial charge in [0, 0.05) is 30.8 Å². The van der Waals surface area contributed by atoms with Crippen molar-refractivity contribution >= 4 is 35.2 Å². The van der Waals surface area contributed by atoms with Gasteiger partial charge in [0.1, 0.15) is 17.1 Å². The van der Waals surface area contributed by atoms with Gasteiger partial charge in [0.15, 0.2) is 0 Å². The summed E-state index contributed by atoms with van der Waals surface area (Å²) in [5.74, 6) is -0.364. The summed E-state index contributed by atoms with van der Waals surface area (Å²) in [6.07, 6.45) is 3.25. The minimum Gasteiger partial charge on any atom is -0.491 e. The Hall–Kier alpha value is -1.74. The van der Waals surface area contributed by atoms with Crippen LogP contribution in [0.4, 0.5) is 0 Å². The molecule has 1 aliphatic heterocycles. The maximum atomic E-state index is 12.5. The Morgan fingerprint density at radius 1 is 1.36 bits per heavy atom. The topological polar surface area (TPSA) is 111 Å². The molecule has 9 heteroatoms. The fourth-order valence-electron chi connectivity index (χ4n) is 2.80. The van der Waals surface area contributed by atoms with Gasteiger partial charge in [0.2, 0.25) is 5.91 Å². The van der Waals surface area contributed by atoms with E-state index in [9.17, 15) is 9.59 Å². The van der Waals surface area contributed by atoms with Crippen LogP contribution in [0.2, 0.25) is 5.02 Å². The van der Waals surface area contributed by atoms with Crippen molar-refractivity contribution in [3.05, 3.63) is 39.8 Å². The summed E-state index contributed by atoms with van der Waals surface area (Å²) in [4.78, 5) is 25.3. The van der Waals surface area contributed by atoms with Crippen LogP contribution in [0, 0.1) is 0 Å². The second kappa shape index (κ2) is 10.7. The summed E-state index contributed by atoms with van der Waals surface area (Å²) in [6, 6.07) is 5.01. The standard InChI is InChI=1S/C19H25ClN2O5S/c1-26-10-11-27-15-5-4-13(20)12-14(15)19(18(21)25)7-6-16(28-19)17(24)22-8-2-3-9-23/h4-6,12,23H,2-3,7-11H2,1H3,(H2,21,25)(H,22,24). The molecule has 0 fully saturated rings. The van der Waals surface area contributed by atoms with E-state index in [1.165, 1.54) is 0 Å². The molecule has 0 spiro atoms. The summed E-state index contributed by atoms with van der Waals surface area (Å²) in [5.41, 5.74) is 6.30. The number of hydrogen-bond donors (Lipinski definition) is 3. The first-order valence-electron chi connectivity index (χ1n) is 8.94. The highest BCUT2D eigenvalue weighted by atomic mass is 35.5. The zero-order valence-corrected chi connectivity index (χ0v) is 17.3. The molecule has 1 unspecified atom stereocenters. The van der Waals surface area contributed by atoms with Gasteiger partial charge in [-0.1, -0.05) is 29.4 Å². The zero-order chi connectivity index (χ0) is 20.6. The number of amides is 2. The van der Waals surface area contributed by atoms with Gasteiger partial charge < -0.3 is 25.6 Å². The minimum atomic E-state index is -1.18. The van der Waals surface area contributed by atoms with Crippen molar-refractivity contribution in [2.45, 2.75) is 24.0 Å². The van der Waals surface area contributed by atoms with Crippen LogP contribution < -0.4 is 15.8 Å². The zero-order valence-electron chi connectivity index (χ0n) is 15.7. The van der Waals surface area contributed by atoms with E-state index < -0.39 is 10.7 Å². The second-order valence-electron chi connectivity index (χ2n) is 6.23. The van der Waals surface area contributed by atoms with Crippen LogP contribution in [0.15, 0.2) is 29.2 Å². The number of methoxy groups -OCH3 is 1. The number of aliphatic hydroxyl groups is 1. The number of carbonyl (C=O) groups is 2. The summed E-state index contributed by atoms with van der Waals surface area (Å²) in [6.45, 7) is 1.22. The van der Waals surface area contributed by atoms with Crippen molar-refractivity contribution < 1.29 is 24.2 Å². The fraction of sp³-hybridized carbons (Fsp3) is 0.474. The van der Waals surface area contributed by atoms with E-state index in [1.54, 1.807) is 31.4 Å². The second-order valence-corrected chi connectivity index (χ2v) is 8.01. The van der Waals surface area contributed by atoms with Crippen LogP contribution in [-0.2, 0) is 19.1 Å². The molecule has 2 amide bonds. The van der Waals surface area contributed by atoms with E-state index >= 15 is 0 Å². The molecular weight excluding hydrogens is 404 g/mol. The van der Waals surface area contributed by atoms with E-state index in [0.717, 1.165) is 11.8 Å². The summed E-state index contributed by atoms with van der Waals surface area (Å²) in [7, 11) is 1.57. The molecule has 1 aliphatic rings. The maximum absolute atomic E-state index is 12.5. The van der Waals surface area contributed by atoms with Crippen LogP contribution in [-0.4, -0.2) is 50.4 Å². The fourth-order valence-corrected chi connectivity index (χ4v) is 4.22. The van der Waals surface area contributed by atoms with Gasteiger partial charge in [-0.15, -0.1) is 0 Å². The number of aliphatic hydroxyl groups excluding tert-OH is 1. The molecule has 2 rings (SSSR count). The first-order valence-corrected chi connectivity index (χ1v) is 10.1. The molecule has 0 radical (unpaired) electrons. The average Bonchev–Trinajstić information content (AvgIpc) is 3.13. The highest BCUT2D eigenvalue weighted by Gasteiger charge is 2.46. The van der Waals surface area contributed by atoms with Crippen LogP contribution in [0.3, 0.4) is 0 Å². The van der Waals surface area contributed by atoms with Gasteiger partial charge in [-0.05, 0) is 37.5 Å². The Morgan fingerprint density at radius 2 is 2.14 bits per heavy atom. The van der Waals surface area contributed by atoms with Gasteiger partial charge in [0.25, 0.3) is 5.91 Å². The van der Waals surface area contributed by atoms with E-state index in [1.807, 2.05) is 0 Å². The molecule has 4 N–H and O–H groups in total. The summed E-state index contributed by atoms with van der Waals surface area (Å²) < 4.78 is 9.58. The normalized spacial score (nSPS) is 18.6. The predicted octanol–water partition coefficient (Wildman–Crippen LogP) is 1.96. The smallest absolute Gasteiger partial charge is 0.257 e. The van der Waals surface area contributed by atoms with Crippen LogP contribution in [0.25, 0.3) is 0 Å². The molecule has 0 saturated carbocycles. The lowest BCUT2D eigenvalue weighted by Gasteiger charge is -2.28. The first kappa shape index (κ1) is 22.5. The van der Waals surface area contributed by atoms with E-state index in [0.29, 0.717) is 53.8 Å². The quantitative estimate of drug-likeness (QED) is 0.464. The van der Waals surface area contributed by atoms with Crippen molar-refractivity contribution in [3.63, 3.8) is 0 Å². The number of nitrogens with one attached hydrogen (secondary N) is 1. The van der Waals surface area contributed by atoms with Crippen molar-refractivity contribution in [1.29, 1.82) is 0 Å². The van der Waals surface area contributed by atoms with Gasteiger partial charge in [-0.2, -0.15) is 0 Å². The predicted molar refractivity (Wildman–Crippen MR) is 109 cm³/mol. The Balaban J connectivity index is 2.21. The maximum Gasteiger partial charge on any atom is 0.257 e. The van der Waals surface area contributed by atoms with E-state index in [4.69, 9.17) is 31.9 Å². The van der Waals surface area contributed by atoms with Crippen molar-refractivity contribution in [3.8, 4) is 5.75 Å². The van der Waals surface area contributed by atoms with Crippen LogP contribution >= 0.6 is 23.4 Å². The summed E-state index contributed by atoms with van der Waals surface area (Å²) >= 11 is 7.27. The third-order valence-electron chi connectivity index (χ3n) is 4.27. The molecule has 28 heavy (non-hydrogen) atoms. The number of allylic oxidation sites excluding steroid dienone is 1. The molecule has 1 atom stereocenters. The third kappa shape index (κ3) is 5.41. The molecule has 0 saturated heterocycles. The molecule has 7 nitrogen and oxygen atoms in total. The number of ether oxygens (including phenoxy) is 2. The van der Waals surface area contributed by atoms with Gasteiger partial charge in [0.05, 0.1) is 11.5 Å². The van der Waals surface area contributed by atoms with E-state index in [-0.39, 0.29) is 18.9 Å². The number of benzene rings is 1. The van der Waals surface area contributed by atoms with Gasteiger partial charge >= 0.3 is 0 Å². The number of halogens is 1. The number of nitrogens with two attached hydrogens (primary N) is 1. The number of unbranched alkanes of at least 4 members (excludes halogenated alkanes) is 1. The Morgan fingerprint density at radius 3 is 2.82 bits per heavy atom. The summed E-state index contributed by atoms with van der Waals surface area (Å²) in [5, 5.41) is 12.0. The van der Waals surface area contributed by atoms with Gasteiger partial charge in [-0.3, -0.25) is 9.59 Å². The van der Waals surface area contributed by atoms with Crippen molar-refractivity contribution in [1.82, 2.24) is 5.32 Å². The number of hydrogen-bond acceptors (Lipinski definition) is 6. The molecule has 154 valence electrons. The lowest BCUT2D eigenvalue weighted by atomic mass is 9.93. The number of thioether (sulfide) groups is 1. The number of primary amides is 1. The first-order chi connectivity index (χ1) is 13.4. The molecular formula is C19H25ClN2O5S.